The van der Waals surface area contributed by atoms with Crippen LogP contribution in [0.3, 0.4) is 0 Å². The molecule has 0 saturated heterocycles. The number of rotatable bonds is 2. The van der Waals surface area contributed by atoms with Crippen LogP contribution in [0.5, 0.6) is 0 Å². The minimum Gasteiger partial charge on any atom is -0.325 e. The van der Waals surface area contributed by atoms with E-state index in [-0.39, 0.29) is 0 Å². The zero-order chi connectivity index (χ0) is 12.5. The monoisotopic (exact) mass is 238 g/mol. The van der Waals surface area contributed by atoms with Crippen LogP contribution in [0.1, 0.15) is 11.3 Å². The van der Waals surface area contributed by atoms with Gasteiger partial charge >= 0.3 is 0 Å². The van der Waals surface area contributed by atoms with Gasteiger partial charge < -0.3 is 5.73 Å². The van der Waals surface area contributed by atoms with E-state index in [4.69, 9.17) is 5.73 Å². The second kappa shape index (κ2) is 4.23. The van der Waals surface area contributed by atoms with E-state index < -0.39 is 0 Å². The van der Waals surface area contributed by atoms with Crippen molar-refractivity contribution in [3.05, 3.63) is 53.7 Å². The first-order valence-corrected chi connectivity index (χ1v) is 5.90. The van der Waals surface area contributed by atoms with Gasteiger partial charge in [-0.2, -0.15) is 0 Å². The molecule has 0 saturated carbocycles. The molecule has 1 aromatic carbocycles. The third-order valence-corrected chi connectivity index (χ3v) is 2.99. The molecule has 2 heterocycles. The average molecular weight is 238 g/mol. The van der Waals surface area contributed by atoms with Crippen LogP contribution in [0.15, 0.2) is 42.5 Å². The van der Waals surface area contributed by atoms with Crippen LogP contribution >= 0.6 is 0 Å². The fourth-order valence-electron chi connectivity index (χ4n) is 2.14. The highest BCUT2D eigenvalue weighted by atomic mass is 15.3. The molecule has 90 valence electrons. The molecule has 4 nitrogen and oxygen atoms in total. The average Bonchev–Trinajstić information content (AvgIpc) is 2.82. The summed E-state index contributed by atoms with van der Waals surface area (Å²) in [7, 11) is 0. The van der Waals surface area contributed by atoms with Crippen molar-refractivity contribution in [3.8, 4) is 11.4 Å². The number of hydrogen-bond acceptors (Lipinski definition) is 3. The highest BCUT2D eigenvalue weighted by Gasteiger charge is 2.10. The Balaban J connectivity index is 2.30. The quantitative estimate of drug-likeness (QED) is 0.744. The van der Waals surface area contributed by atoms with Crippen LogP contribution in [0.25, 0.3) is 17.0 Å². The van der Waals surface area contributed by atoms with Gasteiger partial charge in [0.05, 0.1) is 0 Å². The van der Waals surface area contributed by atoms with E-state index in [2.05, 4.69) is 29.3 Å². The highest BCUT2D eigenvalue weighted by Crippen LogP contribution is 2.20. The van der Waals surface area contributed by atoms with Gasteiger partial charge in [-0.05, 0) is 25.1 Å². The molecule has 0 radical (unpaired) electrons. The molecule has 2 N–H and O–H groups in total. The molecule has 0 atom stereocenters. The smallest absolute Gasteiger partial charge is 0.168 e. The van der Waals surface area contributed by atoms with E-state index in [0.29, 0.717) is 6.54 Å². The second-order valence-corrected chi connectivity index (χ2v) is 4.31. The summed E-state index contributed by atoms with van der Waals surface area (Å²) in [5.41, 5.74) is 9.87. The van der Waals surface area contributed by atoms with Gasteiger partial charge in [0.15, 0.2) is 11.5 Å². The fourth-order valence-corrected chi connectivity index (χ4v) is 2.14. The summed E-state index contributed by atoms with van der Waals surface area (Å²) in [5, 5.41) is 8.46. The van der Waals surface area contributed by atoms with Crippen LogP contribution in [0.4, 0.5) is 0 Å². The maximum Gasteiger partial charge on any atom is 0.168 e. The molecule has 0 unspecified atom stereocenters. The molecular weight excluding hydrogens is 224 g/mol. The van der Waals surface area contributed by atoms with E-state index in [1.807, 2.05) is 34.7 Å². The lowest BCUT2D eigenvalue weighted by molar-refractivity contribution is 0.946. The van der Waals surface area contributed by atoms with Crippen LogP contribution in [-0.4, -0.2) is 14.6 Å². The lowest BCUT2D eigenvalue weighted by Gasteiger charge is -2.06. The molecule has 0 fully saturated rings. The van der Waals surface area contributed by atoms with Crippen molar-refractivity contribution < 1.29 is 0 Å². The van der Waals surface area contributed by atoms with E-state index >= 15 is 0 Å². The largest absolute Gasteiger partial charge is 0.325 e. The van der Waals surface area contributed by atoms with Crippen LogP contribution in [0, 0.1) is 6.92 Å². The predicted molar refractivity (Wildman–Crippen MR) is 71.1 cm³/mol. The summed E-state index contributed by atoms with van der Waals surface area (Å²) in [6, 6.07) is 14.1. The zero-order valence-corrected chi connectivity index (χ0v) is 10.2. The number of benzene rings is 1. The standard InChI is InChI=1S/C14H14N4/c1-10-4-2-5-11(8-10)14-17-16-13-7-3-6-12(9-15)18(13)14/h2-8H,9,15H2,1H3. The third-order valence-electron chi connectivity index (χ3n) is 2.99. The van der Waals surface area contributed by atoms with E-state index in [1.54, 1.807) is 0 Å². The van der Waals surface area contributed by atoms with E-state index in [0.717, 1.165) is 22.7 Å². The van der Waals surface area contributed by atoms with E-state index in [9.17, 15) is 0 Å². The van der Waals surface area contributed by atoms with Crippen LogP contribution in [0.2, 0.25) is 0 Å². The van der Waals surface area contributed by atoms with Gasteiger partial charge in [0.2, 0.25) is 0 Å². The van der Waals surface area contributed by atoms with Crippen molar-refractivity contribution in [2.24, 2.45) is 5.73 Å². The summed E-state index contributed by atoms with van der Waals surface area (Å²) in [6.07, 6.45) is 0. The number of nitrogens with zero attached hydrogens (tertiary/aromatic N) is 3. The molecule has 2 aromatic heterocycles. The molecule has 0 aliphatic heterocycles. The molecule has 3 aromatic rings. The first-order chi connectivity index (χ1) is 8.79. The Kier molecular flexibility index (Phi) is 2.57. The molecule has 0 aliphatic carbocycles. The normalized spacial score (nSPS) is 11.0. The van der Waals surface area contributed by atoms with Crippen molar-refractivity contribution >= 4 is 5.65 Å². The number of aryl methyl sites for hydroxylation is 1. The minimum absolute atomic E-state index is 0.466. The highest BCUT2D eigenvalue weighted by molar-refractivity contribution is 5.60. The lowest BCUT2D eigenvalue weighted by Crippen LogP contribution is -2.04. The maximum atomic E-state index is 5.78. The summed E-state index contributed by atoms with van der Waals surface area (Å²) in [6.45, 7) is 2.53. The van der Waals surface area contributed by atoms with Gasteiger partial charge in [-0.25, -0.2) is 0 Å². The molecule has 18 heavy (non-hydrogen) atoms. The van der Waals surface area contributed by atoms with Gasteiger partial charge in [0, 0.05) is 17.8 Å². The van der Waals surface area contributed by atoms with Gasteiger partial charge in [-0.15, -0.1) is 10.2 Å². The van der Waals surface area contributed by atoms with Crippen molar-refractivity contribution in [2.45, 2.75) is 13.5 Å². The Morgan fingerprint density at radius 2 is 1.94 bits per heavy atom. The Labute approximate surface area is 105 Å². The minimum atomic E-state index is 0.466. The van der Waals surface area contributed by atoms with Gasteiger partial charge in [-0.3, -0.25) is 4.40 Å². The molecule has 0 spiro atoms. The van der Waals surface area contributed by atoms with Crippen molar-refractivity contribution in [2.75, 3.05) is 0 Å². The fraction of sp³-hybridized carbons (Fsp3) is 0.143. The second-order valence-electron chi connectivity index (χ2n) is 4.31. The SMILES string of the molecule is Cc1cccc(-c2nnc3cccc(CN)n23)c1. The zero-order valence-electron chi connectivity index (χ0n) is 10.2. The van der Waals surface area contributed by atoms with Gasteiger partial charge in [0.1, 0.15) is 0 Å². The summed E-state index contributed by atoms with van der Waals surface area (Å²) in [4.78, 5) is 0. The summed E-state index contributed by atoms with van der Waals surface area (Å²) in [5.74, 6) is 0.842. The maximum absolute atomic E-state index is 5.78. The van der Waals surface area contributed by atoms with Crippen molar-refractivity contribution in [1.82, 2.24) is 14.6 Å². The van der Waals surface area contributed by atoms with Gasteiger partial charge in [0.25, 0.3) is 0 Å². The molecule has 0 amide bonds. The molecule has 4 heteroatoms. The Bertz CT molecular complexity index is 700. The molecule has 0 bridgehead atoms. The molecule has 3 rings (SSSR count). The number of aromatic nitrogens is 3. The summed E-state index contributed by atoms with van der Waals surface area (Å²) >= 11 is 0. The lowest BCUT2D eigenvalue weighted by atomic mass is 10.1. The predicted octanol–water partition coefficient (Wildman–Crippen LogP) is 2.16. The Hall–Kier alpha value is -2.20. The van der Waals surface area contributed by atoms with Crippen molar-refractivity contribution in [1.29, 1.82) is 0 Å². The van der Waals surface area contributed by atoms with Crippen molar-refractivity contribution in [3.63, 3.8) is 0 Å². The van der Waals surface area contributed by atoms with Gasteiger partial charge in [-0.1, -0.05) is 29.8 Å². The van der Waals surface area contributed by atoms with E-state index in [1.165, 1.54) is 5.56 Å². The Morgan fingerprint density at radius 1 is 1.11 bits per heavy atom. The number of hydrogen-bond donors (Lipinski definition) is 1. The molecular formula is C14H14N4. The molecule has 0 aliphatic rings. The van der Waals surface area contributed by atoms with Crippen LogP contribution in [-0.2, 0) is 6.54 Å². The number of nitrogens with two attached hydrogens (primary N) is 1. The first kappa shape index (κ1) is 10.9. The Morgan fingerprint density at radius 3 is 2.72 bits per heavy atom. The summed E-state index contributed by atoms with van der Waals surface area (Å²) < 4.78 is 2.01. The third kappa shape index (κ3) is 1.67. The topological polar surface area (TPSA) is 56.2 Å². The van der Waals surface area contributed by atoms with Crippen LogP contribution < -0.4 is 5.73 Å². The first-order valence-electron chi connectivity index (χ1n) is 5.90. The number of fused-ring (bicyclic) bond motifs is 1. The number of pyridine rings is 1.